The minimum absolute atomic E-state index is 0.0771. The number of nitrogens with one attached hydrogen (secondary N) is 1. The highest BCUT2D eigenvalue weighted by molar-refractivity contribution is 7.92. The Kier molecular flexibility index (Phi) is 10.4. The van der Waals surface area contributed by atoms with Gasteiger partial charge in [-0.25, -0.2) is 8.42 Å². The van der Waals surface area contributed by atoms with E-state index in [1.807, 2.05) is 31.2 Å². The molecule has 224 valence electrons. The van der Waals surface area contributed by atoms with Crippen molar-refractivity contribution in [3.05, 3.63) is 48.0 Å². The van der Waals surface area contributed by atoms with Crippen LogP contribution in [0.4, 0.5) is 5.69 Å². The third-order valence-corrected chi connectivity index (χ3v) is 8.81. The summed E-state index contributed by atoms with van der Waals surface area (Å²) in [5.41, 5.74) is 1.29. The number of ether oxygens (including phenoxy) is 3. The second kappa shape index (κ2) is 13.9. The second-order valence-electron chi connectivity index (χ2n) is 10.6. The average molecular weight is 588 g/mol. The van der Waals surface area contributed by atoms with Crippen molar-refractivity contribution in [2.45, 2.75) is 76.9 Å². The molecular formula is C30H41N3O7S. The Hall–Kier alpha value is -3.47. The molecule has 11 heteroatoms. The van der Waals surface area contributed by atoms with Crippen LogP contribution in [0.15, 0.2) is 42.5 Å². The Balaban J connectivity index is 1.49. The molecule has 1 fully saturated rings. The predicted molar refractivity (Wildman–Crippen MR) is 157 cm³/mol. The van der Waals surface area contributed by atoms with Gasteiger partial charge in [0.25, 0.3) is 0 Å². The van der Waals surface area contributed by atoms with E-state index in [-0.39, 0.29) is 50.6 Å². The molecule has 0 bridgehead atoms. The zero-order chi connectivity index (χ0) is 29.4. The van der Waals surface area contributed by atoms with Crippen LogP contribution in [0.3, 0.4) is 0 Å². The number of carbonyl (C=O) groups excluding carboxylic acids is 2. The Morgan fingerprint density at radius 1 is 1.07 bits per heavy atom. The maximum atomic E-state index is 13.7. The molecule has 4 rings (SSSR count). The Bertz CT molecular complexity index is 1310. The lowest BCUT2D eigenvalue weighted by molar-refractivity contribution is -0.141. The van der Waals surface area contributed by atoms with Crippen molar-refractivity contribution in [3.63, 3.8) is 0 Å². The fourth-order valence-electron chi connectivity index (χ4n) is 5.48. The fraction of sp³-hybridized carbons (Fsp3) is 0.533. The van der Waals surface area contributed by atoms with Crippen molar-refractivity contribution < 1.29 is 32.2 Å². The first-order valence-corrected chi connectivity index (χ1v) is 16.1. The first-order valence-electron chi connectivity index (χ1n) is 14.3. The van der Waals surface area contributed by atoms with E-state index in [1.165, 1.54) is 10.7 Å². The number of anilines is 1. The number of hydrogen-bond acceptors (Lipinski definition) is 7. The van der Waals surface area contributed by atoms with Gasteiger partial charge in [-0.2, -0.15) is 0 Å². The average Bonchev–Trinajstić information content (AvgIpc) is 3.43. The number of carbonyl (C=O) groups is 2. The monoisotopic (exact) mass is 587 g/mol. The van der Waals surface area contributed by atoms with Crippen LogP contribution in [0.1, 0.15) is 63.9 Å². The lowest BCUT2D eigenvalue weighted by Gasteiger charge is -2.33. The lowest BCUT2D eigenvalue weighted by Crippen LogP contribution is -2.51. The summed E-state index contributed by atoms with van der Waals surface area (Å²) in [6.45, 7) is 2.33. The molecule has 1 saturated carbocycles. The number of amides is 2. The van der Waals surface area contributed by atoms with Gasteiger partial charge in [-0.3, -0.25) is 13.9 Å². The predicted octanol–water partition coefficient (Wildman–Crippen LogP) is 4.23. The van der Waals surface area contributed by atoms with Crippen LogP contribution in [0, 0.1) is 0 Å². The van der Waals surface area contributed by atoms with E-state index in [0.29, 0.717) is 29.4 Å². The molecule has 0 saturated heterocycles. The summed E-state index contributed by atoms with van der Waals surface area (Å²) >= 11 is 0. The molecule has 1 atom stereocenters. The van der Waals surface area contributed by atoms with Gasteiger partial charge in [0.05, 0.1) is 19.1 Å². The summed E-state index contributed by atoms with van der Waals surface area (Å²) in [6, 6.07) is 11.9. The molecule has 1 heterocycles. The summed E-state index contributed by atoms with van der Waals surface area (Å²) < 4.78 is 42.7. The third kappa shape index (κ3) is 8.06. The van der Waals surface area contributed by atoms with Gasteiger partial charge >= 0.3 is 0 Å². The summed E-state index contributed by atoms with van der Waals surface area (Å²) in [7, 11) is -2.04. The second-order valence-corrected chi connectivity index (χ2v) is 12.5. The first kappa shape index (κ1) is 30.5. The molecule has 0 aromatic heterocycles. The highest BCUT2D eigenvalue weighted by Crippen LogP contribution is 2.36. The highest BCUT2D eigenvalue weighted by atomic mass is 32.2. The normalized spacial score (nSPS) is 15.7. The van der Waals surface area contributed by atoms with Gasteiger partial charge in [0.15, 0.2) is 11.5 Å². The molecule has 2 aliphatic rings. The zero-order valence-corrected chi connectivity index (χ0v) is 25.0. The van der Waals surface area contributed by atoms with Gasteiger partial charge in [0, 0.05) is 31.6 Å². The maximum Gasteiger partial charge on any atom is 0.243 e. The van der Waals surface area contributed by atoms with Crippen LogP contribution < -0.4 is 23.8 Å². The smallest absolute Gasteiger partial charge is 0.243 e. The van der Waals surface area contributed by atoms with E-state index in [1.54, 1.807) is 30.2 Å². The van der Waals surface area contributed by atoms with Gasteiger partial charge in [-0.15, -0.1) is 0 Å². The highest BCUT2D eigenvalue weighted by Gasteiger charge is 2.31. The minimum atomic E-state index is -3.63. The molecular weight excluding hydrogens is 546 g/mol. The number of fused-ring (bicyclic) bond motifs is 1. The topological polar surface area (TPSA) is 114 Å². The minimum Gasteiger partial charge on any atom is -0.497 e. The number of hydrogen-bond donors (Lipinski definition) is 1. The molecule has 1 N–H and O–H groups in total. The van der Waals surface area contributed by atoms with Crippen LogP contribution in [0.25, 0.3) is 0 Å². The largest absolute Gasteiger partial charge is 0.497 e. The van der Waals surface area contributed by atoms with Crippen LogP contribution >= 0.6 is 0 Å². The van der Waals surface area contributed by atoms with Crippen molar-refractivity contribution >= 4 is 27.5 Å². The lowest BCUT2D eigenvalue weighted by atomic mass is 9.95. The van der Waals surface area contributed by atoms with Crippen molar-refractivity contribution in [1.82, 2.24) is 10.2 Å². The van der Waals surface area contributed by atoms with Crippen molar-refractivity contribution in [2.75, 3.05) is 31.0 Å². The van der Waals surface area contributed by atoms with Gasteiger partial charge in [-0.1, -0.05) is 38.3 Å². The van der Waals surface area contributed by atoms with E-state index in [0.717, 1.165) is 37.5 Å². The standard InChI is InChI=1S/C30H41N3O7S/c1-4-26(30(35)31-23-11-6-5-7-12-23)32(20-22-10-8-13-25(18-22)38-2)29(34)14-9-17-33(41(3,36)37)24-15-16-27-28(19-24)40-21-39-27/h8,10,13,15-16,18-19,23,26H,4-7,9,11-12,14,17,20-21H2,1-3H3,(H,31,35)/t26-/m1/s1. The summed E-state index contributed by atoms with van der Waals surface area (Å²) in [5.74, 6) is 1.35. The van der Waals surface area contributed by atoms with Crippen molar-refractivity contribution in [2.24, 2.45) is 0 Å². The molecule has 0 spiro atoms. The number of nitrogens with zero attached hydrogens (tertiary/aromatic N) is 2. The van der Waals surface area contributed by atoms with E-state index in [2.05, 4.69) is 5.32 Å². The van der Waals surface area contributed by atoms with Crippen LogP contribution in [0.2, 0.25) is 0 Å². The summed E-state index contributed by atoms with van der Waals surface area (Å²) in [6.07, 6.45) is 7.21. The van der Waals surface area contributed by atoms with Crippen LogP contribution in [-0.2, 0) is 26.2 Å². The SMILES string of the molecule is CC[C@H](C(=O)NC1CCCCC1)N(Cc1cccc(OC)c1)C(=O)CCCN(c1ccc2c(c1)OCO2)S(C)(=O)=O. The van der Waals surface area contributed by atoms with E-state index >= 15 is 0 Å². The number of sulfonamides is 1. The van der Waals surface area contributed by atoms with Crippen molar-refractivity contribution in [3.8, 4) is 17.2 Å². The summed E-state index contributed by atoms with van der Waals surface area (Å²) in [4.78, 5) is 28.8. The van der Waals surface area contributed by atoms with Gasteiger partial charge in [-0.05, 0) is 55.5 Å². The van der Waals surface area contributed by atoms with E-state index in [4.69, 9.17) is 14.2 Å². The number of methoxy groups -OCH3 is 1. The molecule has 10 nitrogen and oxygen atoms in total. The van der Waals surface area contributed by atoms with E-state index < -0.39 is 16.1 Å². The third-order valence-electron chi connectivity index (χ3n) is 7.62. The maximum absolute atomic E-state index is 13.7. The first-order chi connectivity index (χ1) is 19.7. The zero-order valence-electron chi connectivity index (χ0n) is 24.1. The van der Waals surface area contributed by atoms with Crippen molar-refractivity contribution in [1.29, 1.82) is 0 Å². The van der Waals surface area contributed by atoms with Crippen LogP contribution in [0.5, 0.6) is 17.2 Å². The van der Waals surface area contributed by atoms with E-state index in [9.17, 15) is 18.0 Å². The molecule has 41 heavy (non-hydrogen) atoms. The summed E-state index contributed by atoms with van der Waals surface area (Å²) in [5, 5.41) is 3.18. The molecule has 2 aromatic carbocycles. The quantitative estimate of drug-likeness (QED) is 0.373. The molecule has 1 aliphatic heterocycles. The molecule has 0 unspecified atom stereocenters. The Labute approximate surface area is 243 Å². The number of benzene rings is 2. The fourth-order valence-corrected chi connectivity index (χ4v) is 6.43. The van der Waals surface area contributed by atoms with Crippen LogP contribution in [-0.4, -0.2) is 63.9 Å². The Morgan fingerprint density at radius 2 is 1.83 bits per heavy atom. The number of rotatable bonds is 13. The van der Waals surface area contributed by atoms with Gasteiger partial charge < -0.3 is 24.4 Å². The molecule has 0 radical (unpaired) electrons. The van der Waals surface area contributed by atoms with Gasteiger partial charge in [0.1, 0.15) is 11.8 Å². The molecule has 2 aromatic rings. The molecule has 1 aliphatic carbocycles. The van der Waals surface area contributed by atoms with Gasteiger partial charge in [0.2, 0.25) is 28.6 Å². The molecule has 2 amide bonds. The Morgan fingerprint density at radius 3 is 2.54 bits per heavy atom.